The molecule has 1 heterocycles. The lowest BCUT2D eigenvalue weighted by molar-refractivity contribution is 0.198. The van der Waals surface area contributed by atoms with E-state index in [4.69, 9.17) is 9.26 Å². The summed E-state index contributed by atoms with van der Waals surface area (Å²) < 4.78 is 10.4. The number of ether oxygens (including phenoxy) is 1. The summed E-state index contributed by atoms with van der Waals surface area (Å²) in [6.07, 6.45) is 1.08. The van der Waals surface area contributed by atoms with Gasteiger partial charge < -0.3 is 14.4 Å². The lowest BCUT2D eigenvalue weighted by Crippen LogP contribution is -1.96. The van der Waals surface area contributed by atoms with Crippen LogP contribution in [0.1, 0.15) is 24.4 Å². The van der Waals surface area contributed by atoms with Crippen molar-refractivity contribution in [3.05, 3.63) is 47.9 Å². The largest absolute Gasteiger partial charge is 0.486 e. The molecule has 2 aromatic rings. The number of nitrogens with zero attached hydrogens (tertiary/aromatic N) is 1. The Morgan fingerprint density at radius 3 is 3.00 bits per heavy atom. The van der Waals surface area contributed by atoms with E-state index in [9.17, 15) is 5.11 Å². The summed E-state index contributed by atoms with van der Waals surface area (Å²) in [5.74, 6) is 1.37. The highest BCUT2D eigenvalue weighted by atomic mass is 16.5. The number of aliphatic hydroxyl groups excluding tert-OH is 1. The third-order valence-electron chi connectivity index (χ3n) is 2.21. The summed E-state index contributed by atoms with van der Waals surface area (Å²) in [7, 11) is 0. The van der Waals surface area contributed by atoms with Crippen molar-refractivity contribution in [3.8, 4) is 5.75 Å². The average molecular weight is 219 g/mol. The molecule has 16 heavy (non-hydrogen) atoms. The van der Waals surface area contributed by atoms with E-state index in [1.165, 1.54) is 0 Å². The van der Waals surface area contributed by atoms with Gasteiger partial charge in [0, 0.05) is 6.07 Å². The molecule has 1 aromatic carbocycles. The molecule has 0 aliphatic carbocycles. The number of aliphatic hydroxyl groups is 1. The van der Waals surface area contributed by atoms with Gasteiger partial charge in [-0.3, -0.25) is 0 Å². The van der Waals surface area contributed by atoms with Crippen molar-refractivity contribution >= 4 is 0 Å². The van der Waals surface area contributed by atoms with Crippen LogP contribution in [-0.4, -0.2) is 10.3 Å². The van der Waals surface area contributed by atoms with Gasteiger partial charge in [0.2, 0.25) is 0 Å². The molecular weight excluding hydrogens is 206 g/mol. The third-order valence-corrected chi connectivity index (χ3v) is 2.21. The second-order valence-electron chi connectivity index (χ2n) is 3.52. The van der Waals surface area contributed by atoms with Crippen molar-refractivity contribution in [2.45, 2.75) is 19.6 Å². The first kappa shape index (κ1) is 10.7. The molecule has 0 fully saturated rings. The van der Waals surface area contributed by atoms with Crippen molar-refractivity contribution in [1.29, 1.82) is 0 Å². The molecule has 84 valence electrons. The van der Waals surface area contributed by atoms with Crippen LogP contribution in [-0.2, 0) is 6.61 Å². The van der Waals surface area contributed by atoms with Crippen LogP contribution in [0, 0.1) is 0 Å². The Balaban J connectivity index is 2.01. The third kappa shape index (κ3) is 2.61. The van der Waals surface area contributed by atoms with Crippen LogP contribution < -0.4 is 4.74 Å². The molecule has 0 saturated heterocycles. The Bertz CT molecular complexity index is 437. The van der Waals surface area contributed by atoms with Gasteiger partial charge in [0.05, 0.1) is 12.3 Å². The highest BCUT2D eigenvalue weighted by Gasteiger charge is 2.03. The summed E-state index contributed by atoms with van der Waals surface area (Å²) in [5, 5.41) is 13.0. The lowest BCUT2D eigenvalue weighted by Gasteiger charge is -2.08. The van der Waals surface area contributed by atoms with E-state index in [0.29, 0.717) is 18.1 Å². The number of aromatic nitrogens is 1. The maximum Gasteiger partial charge on any atom is 0.174 e. The Hall–Kier alpha value is -1.81. The number of rotatable bonds is 4. The fourth-order valence-electron chi connectivity index (χ4n) is 1.34. The summed E-state index contributed by atoms with van der Waals surface area (Å²) in [5.41, 5.74) is 0.829. The SMILES string of the molecule is CC(O)c1cccc(OCc2ccno2)c1. The van der Waals surface area contributed by atoms with E-state index in [-0.39, 0.29) is 0 Å². The first-order chi connectivity index (χ1) is 7.75. The predicted octanol–water partition coefficient (Wildman–Crippen LogP) is 2.31. The van der Waals surface area contributed by atoms with Crippen LogP contribution in [0.3, 0.4) is 0 Å². The summed E-state index contributed by atoms with van der Waals surface area (Å²) >= 11 is 0. The lowest BCUT2D eigenvalue weighted by atomic mass is 10.1. The maximum absolute atomic E-state index is 9.42. The molecule has 1 N–H and O–H groups in total. The minimum atomic E-state index is -0.492. The molecular formula is C12H13NO3. The summed E-state index contributed by atoms with van der Waals surface area (Å²) in [6, 6.07) is 9.09. The van der Waals surface area contributed by atoms with Crippen LogP contribution in [0.15, 0.2) is 41.1 Å². The molecule has 0 aliphatic rings. The molecule has 0 saturated carbocycles. The minimum Gasteiger partial charge on any atom is -0.486 e. The van der Waals surface area contributed by atoms with Crippen molar-refractivity contribution in [1.82, 2.24) is 5.16 Å². The van der Waals surface area contributed by atoms with Gasteiger partial charge in [-0.1, -0.05) is 17.3 Å². The molecule has 0 amide bonds. The Kier molecular flexibility index (Phi) is 3.22. The van der Waals surface area contributed by atoms with Gasteiger partial charge in [0.1, 0.15) is 12.4 Å². The molecule has 1 aromatic heterocycles. The van der Waals surface area contributed by atoms with E-state index in [1.54, 1.807) is 25.3 Å². The topological polar surface area (TPSA) is 55.5 Å². The molecule has 1 unspecified atom stereocenters. The van der Waals surface area contributed by atoms with Gasteiger partial charge in [-0.05, 0) is 24.6 Å². The van der Waals surface area contributed by atoms with Gasteiger partial charge >= 0.3 is 0 Å². The highest BCUT2D eigenvalue weighted by molar-refractivity contribution is 5.29. The van der Waals surface area contributed by atoms with Crippen molar-refractivity contribution < 1.29 is 14.4 Å². The van der Waals surface area contributed by atoms with Gasteiger partial charge in [0.25, 0.3) is 0 Å². The second-order valence-corrected chi connectivity index (χ2v) is 3.52. The first-order valence-electron chi connectivity index (χ1n) is 5.06. The van der Waals surface area contributed by atoms with E-state index >= 15 is 0 Å². The molecule has 0 radical (unpaired) electrons. The fraction of sp³-hybridized carbons (Fsp3) is 0.250. The zero-order valence-corrected chi connectivity index (χ0v) is 8.96. The van der Waals surface area contributed by atoms with Gasteiger partial charge in [0.15, 0.2) is 5.76 Å². The van der Waals surface area contributed by atoms with Crippen LogP contribution in [0.5, 0.6) is 5.75 Å². The summed E-state index contributed by atoms with van der Waals surface area (Å²) in [6.45, 7) is 2.05. The molecule has 0 bridgehead atoms. The van der Waals surface area contributed by atoms with E-state index in [1.807, 2.05) is 18.2 Å². The normalized spacial score (nSPS) is 12.4. The predicted molar refractivity (Wildman–Crippen MR) is 57.9 cm³/mol. The number of hydrogen-bond donors (Lipinski definition) is 1. The van der Waals surface area contributed by atoms with E-state index in [2.05, 4.69) is 5.16 Å². The monoisotopic (exact) mass is 219 g/mol. The smallest absolute Gasteiger partial charge is 0.174 e. The first-order valence-corrected chi connectivity index (χ1v) is 5.06. The van der Waals surface area contributed by atoms with Crippen molar-refractivity contribution in [3.63, 3.8) is 0 Å². The van der Waals surface area contributed by atoms with Gasteiger partial charge in [-0.2, -0.15) is 0 Å². The zero-order valence-electron chi connectivity index (χ0n) is 8.96. The van der Waals surface area contributed by atoms with Crippen molar-refractivity contribution in [2.24, 2.45) is 0 Å². The fourth-order valence-corrected chi connectivity index (χ4v) is 1.34. The maximum atomic E-state index is 9.42. The molecule has 0 aliphatic heterocycles. The molecule has 1 atom stereocenters. The Morgan fingerprint density at radius 1 is 1.44 bits per heavy atom. The van der Waals surface area contributed by atoms with Crippen LogP contribution in [0.25, 0.3) is 0 Å². The summed E-state index contributed by atoms with van der Waals surface area (Å²) in [4.78, 5) is 0. The van der Waals surface area contributed by atoms with Crippen LogP contribution in [0.2, 0.25) is 0 Å². The van der Waals surface area contributed by atoms with Crippen molar-refractivity contribution in [2.75, 3.05) is 0 Å². The molecule has 4 nitrogen and oxygen atoms in total. The minimum absolute atomic E-state index is 0.337. The second kappa shape index (κ2) is 4.81. The van der Waals surface area contributed by atoms with Gasteiger partial charge in [-0.15, -0.1) is 0 Å². The average Bonchev–Trinajstić information content (AvgIpc) is 2.79. The van der Waals surface area contributed by atoms with E-state index in [0.717, 1.165) is 5.56 Å². The Labute approximate surface area is 93.5 Å². The van der Waals surface area contributed by atoms with E-state index < -0.39 is 6.10 Å². The van der Waals surface area contributed by atoms with Crippen LogP contribution >= 0.6 is 0 Å². The Morgan fingerprint density at radius 2 is 2.31 bits per heavy atom. The highest BCUT2D eigenvalue weighted by Crippen LogP contribution is 2.19. The molecule has 2 rings (SSSR count). The zero-order chi connectivity index (χ0) is 11.4. The molecule has 4 heteroatoms. The quantitative estimate of drug-likeness (QED) is 0.857. The number of hydrogen-bond acceptors (Lipinski definition) is 4. The van der Waals surface area contributed by atoms with Crippen LogP contribution in [0.4, 0.5) is 0 Å². The molecule has 0 spiro atoms. The standard InChI is InChI=1S/C12H13NO3/c1-9(14)10-3-2-4-11(7-10)15-8-12-5-6-13-16-12/h2-7,9,14H,8H2,1H3. The number of benzene rings is 1. The van der Waals surface area contributed by atoms with Gasteiger partial charge in [-0.25, -0.2) is 0 Å².